The number of allylic oxidation sites excluding steroid dienone is 1. The number of carbonyl (C=O) groups excluding carboxylic acids is 2. The van der Waals surface area contributed by atoms with Crippen molar-refractivity contribution in [2.24, 2.45) is 0 Å². The maximum atomic E-state index is 11.0. The zero-order chi connectivity index (χ0) is 11.1. The lowest BCUT2D eigenvalue weighted by atomic mass is 10.2. The molecule has 14 heavy (non-hydrogen) atoms. The number of rotatable bonds is 4. The summed E-state index contributed by atoms with van der Waals surface area (Å²) in [6.07, 6.45) is 0.894. The predicted molar refractivity (Wildman–Crippen MR) is 48.3 cm³/mol. The molecule has 1 N–H and O–H groups in total. The van der Waals surface area contributed by atoms with Crippen molar-refractivity contribution in [2.45, 2.75) is 26.7 Å². The van der Waals surface area contributed by atoms with Gasteiger partial charge >= 0.3 is 11.9 Å². The van der Waals surface area contributed by atoms with Crippen LogP contribution in [-0.2, 0) is 19.1 Å². The maximum Gasteiger partial charge on any atom is 0.377 e. The molecule has 0 aromatic heterocycles. The summed E-state index contributed by atoms with van der Waals surface area (Å²) in [5, 5.41) is 9.36. The van der Waals surface area contributed by atoms with Crippen molar-refractivity contribution in [3.63, 3.8) is 0 Å². The number of hydrogen-bond donors (Lipinski definition) is 1. The molecule has 0 bridgehead atoms. The van der Waals surface area contributed by atoms with Crippen molar-refractivity contribution >= 4 is 11.9 Å². The summed E-state index contributed by atoms with van der Waals surface area (Å²) in [5.41, 5.74) is 0. The minimum absolute atomic E-state index is 0.262. The van der Waals surface area contributed by atoms with Crippen LogP contribution in [0.25, 0.3) is 0 Å². The third-order valence-corrected chi connectivity index (χ3v) is 1.37. The van der Waals surface area contributed by atoms with Crippen LogP contribution in [0.4, 0.5) is 0 Å². The highest BCUT2D eigenvalue weighted by molar-refractivity contribution is 5.89. The molecule has 0 atom stereocenters. The molecule has 0 fully saturated rings. The van der Waals surface area contributed by atoms with Crippen molar-refractivity contribution in [3.05, 3.63) is 11.5 Å². The van der Waals surface area contributed by atoms with E-state index >= 15 is 0 Å². The van der Waals surface area contributed by atoms with Crippen LogP contribution < -0.4 is 0 Å². The van der Waals surface area contributed by atoms with Gasteiger partial charge in [0.05, 0.1) is 7.11 Å². The molecule has 0 spiro atoms. The van der Waals surface area contributed by atoms with E-state index in [1.54, 1.807) is 0 Å². The van der Waals surface area contributed by atoms with Crippen molar-refractivity contribution < 1.29 is 24.2 Å². The second kappa shape index (κ2) is 6.01. The fourth-order valence-electron chi connectivity index (χ4n) is 0.805. The van der Waals surface area contributed by atoms with E-state index in [2.05, 4.69) is 9.47 Å². The summed E-state index contributed by atoms with van der Waals surface area (Å²) < 4.78 is 8.88. The van der Waals surface area contributed by atoms with E-state index in [1.807, 2.05) is 6.92 Å². The highest BCUT2D eigenvalue weighted by atomic mass is 16.6. The number of ether oxygens (including phenoxy) is 2. The van der Waals surface area contributed by atoms with Crippen LogP contribution >= 0.6 is 0 Å². The van der Waals surface area contributed by atoms with Gasteiger partial charge in [-0.15, -0.1) is 0 Å². The summed E-state index contributed by atoms with van der Waals surface area (Å²) in [6.45, 7) is 2.96. The summed E-state index contributed by atoms with van der Waals surface area (Å²) in [5.74, 6) is -2.23. The summed E-state index contributed by atoms with van der Waals surface area (Å²) >= 11 is 0. The molecule has 0 aliphatic heterocycles. The van der Waals surface area contributed by atoms with Crippen molar-refractivity contribution in [3.8, 4) is 0 Å². The normalized spacial score (nSPS) is 11.6. The molecule has 0 radical (unpaired) electrons. The van der Waals surface area contributed by atoms with Crippen LogP contribution in [0.15, 0.2) is 11.5 Å². The monoisotopic (exact) mass is 202 g/mol. The molecule has 0 saturated carbocycles. The quantitative estimate of drug-likeness (QED) is 0.422. The van der Waals surface area contributed by atoms with Crippen LogP contribution in [0, 0.1) is 0 Å². The first-order valence-electron chi connectivity index (χ1n) is 4.21. The van der Waals surface area contributed by atoms with Gasteiger partial charge in [0, 0.05) is 13.3 Å². The first-order chi connectivity index (χ1) is 6.52. The fraction of sp³-hybridized carbons (Fsp3) is 0.556. The lowest BCUT2D eigenvalue weighted by Crippen LogP contribution is -2.14. The molecular formula is C9H14O5. The number of hydrogen-bond acceptors (Lipinski definition) is 5. The van der Waals surface area contributed by atoms with E-state index in [1.165, 1.54) is 0 Å². The van der Waals surface area contributed by atoms with Crippen LogP contribution in [-0.4, -0.2) is 24.2 Å². The number of carbonyl (C=O) groups is 2. The largest absolute Gasteiger partial charge is 0.508 e. The highest BCUT2D eigenvalue weighted by Crippen LogP contribution is 2.11. The third-order valence-electron chi connectivity index (χ3n) is 1.37. The van der Waals surface area contributed by atoms with E-state index < -0.39 is 17.7 Å². The molecule has 5 heteroatoms. The summed E-state index contributed by atoms with van der Waals surface area (Å²) in [6, 6.07) is 0. The van der Waals surface area contributed by atoms with E-state index in [4.69, 9.17) is 0 Å². The Hall–Kier alpha value is -1.52. The van der Waals surface area contributed by atoms with Gasteiger partial charge < -0.3 is 14.6 Å². The molecule has 5 nitrogen and oxygen atoms in total. The molecule has 0 saturated heterocycles. The van der Waals surface area contributed by atoms with Gasteiger partial charge in [-0.25, -0.2) is 4.79 Å². The number of aliphatic hydroxyl groups is 1. The van der Waals surface area contributed by atoms with E-state index in [9.17, 15) is 14.7 Å². The van der Waals surface area contributed by atoms with Gasteiger partial charge in [0.15, 0.2) is 0 Å². The molecule has 0 aliphatic rings. The predicted octanol–water partition coefficient (Wildman–Crippen LogP) is 1.29. The Bertz CT molecular complexity index is 254. The van der Waals surface area contributed by atoms with Crippen LogP contribution in [0.1, 0.15) is 26.7 Å². The van der Waals surface area contributed by atoms with Crippen molar-refractivity contribution in [1.29, 1.82) is 0 Å². The average Bonchev–Trinajstić information content (AvgIpc) is 2.13. The van der Waals surface area contributed by atoms with E-state index in [0.717, 1.165) is 14.0 Å². The molecule has 0 aliphatic carbocycles. The highest BCUT2D eigenvalue weighted by Gasteiger charge is 2.19. The molecule has 0 unspecified atom stereocenters. The first-order valence-corrected chi connectivity index (χ1v) is 4.21. The Morgan fingerprint density at radius 3 is 2.29 bits per heavy atom. The Balaban J connectivity index is 4.77. The van der Waals surface area contributed by atoms with Gasteiger partial charge in [0.1, 0.15) is 5.76 Å². The number of methoxy groups -OCH3 is 1. The van der Waals surface area contributed by atoms with Gasteiger partial charge in [0.25, 0.3) is 5.76 Å². The number of esters is 2. The second-order valence-electron chi connectivity index (χ2n) is 2.61. The van der Waals surface area contributed by atoms with Gasteiger partial charge in [-0.05, 0) is 6.42 Å². The van der Waals surface area contributed by atoms with Crippen LogP contribution in [0.3, 0.4) is 0 Å². The molecular weight excluding hydrogens is 188 g/mol. The minimum Gasteiger partial charge on any atom is -0.508 e. The van der Waals surface area contributed by atoms with Gasteiger partial charge in [-0.1, -0.05) is 6.92 Å². The van der Waals surface area contributed by atoms with Gasteiger partial charge in [0.2, 0.25) is 0 Å². The molecule has 0 amide bonds. The van der Waals surface area contributed by atoms with Crippen molar-refractivity contribution in [2.75, 3.05) is 7.11 Å². The maximum absolute atomic E-state index is 11.0. The molecule has 0 aromatic rings. The zero-order valence-corrected chi connectivity index (χ0v) is 8.49. The fourth-order valence-corrected chi connectivity index (χ4v) is 0.805. The Morgan fingerprint density at radius 1 is 1.36 bits per heavy atom. The van der Waals surface area contributed by atoms with E-state index in [-0.39, 0.29) is 12.2 Å². The SMILES string of the molecule is CCC/C(O)=C(\OC(C)=O)C(=O)OC. The number of aliphatic hydroxyl groups excluding tert-OH is 1. The Labute approximate surface area is 82.3 Å². The standard InChI is InChI=1S/C9H14O5/c1-4-5-7(11)8(9(12)13-3)14-6(2)10/h11H,4-5H2,1-3H3/b8-7+. The first kappa shape index (κ1) is 12.5. The van der Waals surface area contributed by atoms with Crippen molar-refractivity contribution in [1.82, 2.24) is 0 Å². The lowest BCUT2D eigenvalue weighted by molar-refractivity contribution is -0.149. The molecule has 0 aromatic carbocycles. The summed E-state index contributed by atoms with van der Waals surface area (Å²) in [7, 11) is 1.14. The van der Waals surface area contributed by atoms with Gasteiger partial charge in [-0.2, -0.15) is 0 Å². The molecule has 80 valence electrons. The van der Waals surface area contributed by atoms with Gasteiger partial charge in [-0.3, -0.25) is 4.79 Å². The lowest BCUT2D eigenvalue weighted by Gasteiger charge is -2.07. The zero-order valence-electron chi connectivity index (χ0n) is 8.49. The molecule has 0 rings (SSSR count). The average molecular weight is 202 g/mol. The summed E-state index contributed by atoms with van der Waals surface area (Å²) in [4.78, 5) is 21.7. The minimum atomic E-state index is -0.855. The third kappa shape index (κ3) is 3.93. The smallest absolute Gasteiger partial charge is 0.377 e. The topological polar surface area (TPSA) is 72.8 Å². The Kier molecular flexibility index (Phi) is 5.36. The van der Waals surface area contributed by atoms with Crippen LogP contribution in [0.5, 0.6) is 0 Å². The Morgan fingerprint density at radius 2 is 1.93 bits per heavy atom. The molecule has 0 heterocycles. The van der Waals surface area contributed by atoms with E-state index in [0.29, 0.717) is 6.42 Å². The second-order valence-corrected chi connectivity index (χ2v) is 2.61. The van der Waals surface area contributed by atoms with Crippen LogP contribution in [0.2, 0.25) is 0 Å².